The predicted octanol–water partition coefficient (Wildman–Crippen LogP) is 2.93. The van der Waals surface area contributed by atoms with E-state index in [4.69, 9.17) is 0 Å². The van der Waals surface area contributed by atoms with E-state index in [9.17, 15) is 18.0 Å². The molecule has 23 heavy (non-hydrogen) atoms. The molecule has 2 aromatic heterocycles. The van der Waals surface area contributed by atoms with Gasteiger partial charge in [-0.15, -0.1) is 0 Å². The molecule has 0 aliphatic carbocycles. The molecular formula is C14H10F3N5O. The second-order valence-corrected chi connectivity index (χ2v) is 4.87. The summed E-state index contributed by atoms with van der Waals surface area (Å²) in [7, 11) is 0. The lowest BCUT2D eigenvalue weighted by molar-refractivity contribution is -0.141. The Morgan fingerprint density at radius 3 is 2.74 bits per heavy atom. The maximum Gasteiger partial charge on any atom is 0.434 e. The van der Waals surface area contributed by atoms with Gasteiger partial charge in [0, 0.05) is 11.1 Å². The van der Waals surface area contributed by atoms with E-state index in [0.29, 0.717) is 11.9 Å². The molecule has 9 heteroatoms. The molecule has 118 valence electrons. The number of nitrogens with one attached hydrogen (secondary N) is 2. The summed E-state index contributed by atoms with van der Waals surface area (Å²) in [5.41, 5.74) is 0.358. The van der Waals surface area contributed by atoms with Gasteiger partial charge in [0.05, 0.1) is 24.1 Å². The van der Waals surface area contributed by atoms with Crippen LogP contribution < -0.4 is 5.32 Å². The number of amides is 1. The van der Waals surface area contributed by atoms with Gasteiger partial charge in [-0.2, -0.15) is 18.3 Å². The number of hydrogen-bond donors (Lipinski definition) is 2. The van der Waals surface area contributed by atoms with Crippen LogP contribution in [0.25, 0.3) is 10.9 Å². The molecule has 0 fully saturated rings. The van der Waals surface area contributed by atoms with Gasteiger partial charge in [-0.25, -0.2) is 4.98 Å². The van der Waals surface area contributed by atoms with Crippen LogP contribution in [0.5, 0.6) is 0 Å². The van der Waals surface area contributed by atoms with Crippen LogP contribution in [0.3, 0.4) is 0 Å². The molecule has 3 rings (SSSR count). The van der Waals surface area contributed by atoms with Crippen molar-refractivity contribution in [1.82, 2.24) is 20.2 Å². The van der Waals surface area contributed by atoms with Crippen LogP contribution >= 0.6 is 0 Å². The standard InChI is InChI=1S/C14H10F3N5O/c1-7-2-10-8(4-19-22-10)3-9(7)21-13(23)11-5-18-6-12(20-11)14(15,16)17/h2-6H,1H3,(H,19,22)(H,21,23). The fourth-order valence-electron chi connectivity index (χ4n) is 2.03. The summed E-state index contributed by atoms with van der Waals surface area (Å²) in [4.78, 5) is 18.8. The third-order valence-electron chi connectivity index (χ3n) is 3.19. The van der Waals surface area contributed by atoms with Crippen LogP contribution in [0.1, 0.15) is 21.7 Å². The van der Waals surface area contributed by atoms with Gasteiger partial charge in [0.1, 0.15) is 5.69 Å². The van der Waals surface area contributed by atoms with Crippen molar-refractivity contribution in [3.63, 3.8) is 0 Å². The first-order valence-corrected chi connectivity index (χ1v) is 6.49. The number of nitrogens with zero attached hydrogens (tertiary/aromatic N) is 3. The molecule has 2 N–H and O–H groups in total. The first kappa shape index (κ1) is 14.9. The molecule has 0 saturated heterocycles. The zero-order chi connectivity index (χ0) is 16.6. The zero-order valence-corrected chi connectivity index (χ0v) is 11.8. The lowest BCUT2D eigenvalue weighted by atomic mass is 10.1. The molecule has 6 nitrogen and oxygen atoms in total. The lowest BCUT2D eigenvalue weighted by Crippen LogP contribution is -2.18. The molecule has 1 amide bonds. The van der Waals surface area contributed by atoms with Gasteiger partial charge >= 0.3 is 6.18 Å². The monoisotopic (exact) mass is 321 g/mol. The highest BCUT2D eigenvalue weighted by molar-refractivity contribution is 6.04. The summed E-state index contributed by atoms with van der Waals surface area (Å²) >= 11 is 0. The van der Waals surface area contributed by atoms with E-state index in [-0.39, 0.29) is 0 Å². The molecule has 0 unspecified atom stereocenters. The molecule has 2 heterocycles. The van der Waals surface area contributed by atoms with E-state index in [1.807, 2.05) is 0 Å². The Balaban J connectivity index is 1.90. The van der Waals surface area contributed by atoms with Gasteiger partial charge in [0.25, 0.3) is 5.91 Å². The summed E-state index contributed by atoms with van der Waals surface area (Å²) in [6.07, 6.45) is -1.53. The Kier molecular flexibility index (Phi) is 3.47. The molecule has 0 aliphatic rings. The molecule has 0 saturated carbocycles. The van der Waals surface area contributed by atoms with Crippen molar-refractivity contribution in [2.75, 3.05) is 5.32 Å². The number of aryl methyl sites for hydroxylation is 1. The number of rotatable bonds is 2. The van der Waals surface area contributed by atoms with E-state index in [0.717, 1.165) is 22.7 Å². The second-order valence-electron chi connectivity index (χ2n) is 4.87. The average Bonchev–Trinajstić information content (AvgIpc) is 2.94. The first-order valence-electron chi connectivity index (χ1n) is 6.49. The molecule has 1 aromatic carbocycles. The number of halogens is 3. The highest BCUT2D eigenvalue weighted by atomic mass is 19.4. The van der Waals surface area contributed by atoms with E-state index in [1.54, 1.807) is 25.3 Å². The van der Waals surface area contributed by atoms with E-state index < -0.39 is 23.5 Å². The molecule has 3 aromatic rings. The SMILES string of the molecule is Cc1cc2[nH]ncc2cc1NC(=O)c1cncc(C(F)(F)F)n1. The average molecular weight is 321 g/mol. The van der Waals surface area contributed by atoms with Gasteiger partial charge in [-0.3, -0.25) is 14.9 Å². The van der Waals surface area contributed by atoms with Crippen molar-refractivity contribution in [3.8, 4) is 0 Å². The Bertz CT molecular complexity index is 887. The lowest BCUT2D eigenvalue weighted by Gasteiger charge is -2.10. The van der Waals surface area contributed by atoms with Gasteiger partial charge in [-0.05, 0) is 24.6 Å². The Labute approximate surface area is 127 Å². The molecule has 0 aliphatic heterocycles. The van der Waals surface area contributed by atoms with E-state index >= 15 is 0 Å². The van der Waals surface area contributed by atoms with E-state index in [1.165, 1.54) is 0 Å². The zero-order valence-electron chi connectivity index (χ0n) is 11.8. The Morgan fingerprint density at radius 2 is 2.00 bits per heavy atom. The van der Waals surface area contributed by atoms with Crippen LogP contribution in [-0.2, 0) is 6.18 Å². The van der Waals surface area contributed by atoms with Crippen molar-refractivity contribution in [2.24, 2.45) is 0 Å². The molecule has 0 radical (unpaired) electrons. The maximum atomic E-state index is 12.6. The number of carbonyl (C=O) groups is 1. The predicted molar refractivity (Wildman–Crippen MR) is 75.8 cm³/mol. The van der Waals surface area contributed by atoms with Crippen molar-refractivity contribution in [1.29, 1.82) is 0 Å². The van der Waals surface area contributed by atoms with E-state index in [2.05, 4.69) is 25.5 Å². The fraction of sp³-hybridized carbons (Fsp3) is 0.143. The third-order valence-corrected chi connectivity index (χ3v) is 3.19. The number of aromatic amines is 1. The number of carbonyl (C=O) groups excluding carboxylic acids is 1. The topological polar surface area (TPSA) is 83.6 Å². The Hall–Kier alpha value is -2.97. The number of fused-ring (bicyclic) bond motifs is 1. The minimum Gasteiger partial charge on any atom is -0.320 e. The highest BCUT2D eigenvalue weighted by Gasteiger charge is 2.33. The minimum atomic E-state index is -4.66. The van der Waals surface area contributed by atoms with Gasteiger partial charge < -0.3 is 5.32 Å². The van der Waals surface area contributed by atoms with Crippen molar-refractivity contribution in [2.45, 2.75) is 13.1 Å². The van der Waals surface area contributed by atoms with Gasteiger partial charge in [0.15, 0.2) is 5.69 Å². The van der Waals surface area contributed by atoms with Gasteiger partial charge in [-0.1, -0.05) is 0 Å². The largest absolute Gasteiger partial charge is 0.434 e. The van der Waals surface area contributed by atoms with Gasteiger partial charge in [0.2, 0.25) is 0 Å². The summed E-state index contributed by atoms with van der Waals surface area (Å²) in [6.45, 7) is 1.76. The number of hydrogen-bond acceptors (Lipinski definition) is 4. The van der Waals surface area contributed by atoms with Crippen LogP contribution in [-0.4, -0.2) is 26.1 Å². The maximum absolute atomic E-state index is 12.6. The summed E-state index contributed by atoms with van der Waals surface area (Å²) < 4.78 is 37.9. The van der Waals surface area contributed by atoms with Crippen molar-refractivity contribution >= 4 is 22.5 Å². The normalized spacial score (nSPS) is 11.7. The number of aromatic nitrogens is 4. The highest BCUT2D eigenvalue weighted by Crippen LogP contribution is 2.27. The summed E-state index contributed by atoms with van der Waals surface area (Å²) in [6, 6.07) is 3.45. The van der Waals surface area contributed by atoms with Crippen molar-refractivity contribution < 1.29 is 18.0 Å². The number of anilines is 1. The smallest absolute Gasteiger partial charge is 0.320 e. The quantitative estimate of drug-likeness (QED) is 0.760. The fourth-order valence-corrected chi connectivity index (χ4v) is 2.03. The molecular weight excluding hydrogens is 311 g/mol. The first-order chi connectivity index (χ1) is 10.8. The number of benzene rings is 1. The van der Waals surface area contributed by atoms with Crippen LogP contribution in [0.4, 0.5) is 18.9 Å². The minimum absolute atomic E-state index is 0.411. The summed E-state index contributed by atoms with van der Waals surface area (Å²) in [5.74, 6) is -0.769. The van der Waals surface area contributed by atoms with Crippen molar-refractivity contribution in [3.05, 3.63) is 47.7 Å². The second kappa shape index (κ2) is 5.34. The summed E-state index contributed by atoms with van der Waals surface area (Å²) in [5, 5.41) is 9.96. The van der Waals surface area contributed by atoms with Crippen LogP contribution in [0.2, 0.25) is 0 Å². The third kappa shape index (κ3) is 2.98. The molecule has 0 spiro atoms. The van der Waals surface area contributed by atoms with Crippen LogP contribution in [0.15, 0.2) is 30.7 Å². The molecule has 0 bridgehead atoms. The number of alkyl halides is 3. The van der Waals surface area contributed by atoms with Crippen LogP contribution in [0, 0.1) is 6.92 Å². The Morgan fingerprint density at radius 1 is 1.22 bits per heavy atom. The number of H-pyrrole nitrogens is 1. The molecule has 0 atom stereocenters.